The lowest BCUT2D eigenvalue weighted by atomic mass is 9.96. The first kappa shape index (κ1) is 14.8. The van der Waals surface area contributed by atoms with Crippen LogP contribution < -0.4 is 0 Å². The standard InChI is InChI=1S/C11H10BrF3O3S/c12-6-1-2-9(11(13,14)15)10(3-6)19(17,18)8-4-7(16)5-8/h1-3,7-8,16H,4-5H2/t7-,8+. The predicted octanol–water partition coefficient (Wildman–Crippen LogP) is 2.76. The van der Waals surface area contributed by atoms with Gasteiger partial charge in [-0.05, 0) is 31.0 Å². The normalized spacial score (nSPS) is 24.1. The van der Waals surface area contributed by atoms with Crippen molar-refractivity contribution in [3.63, 3.8) is 0 Å². The van der Waals surface area contributed by atoms with Gasteiger partial charge in [0, 0.05) is 4.47 Å². The fourth-order valence-electron chi connectivity index (χ4n) is 1.94. The average Bonchev–Trinajstić information content (AvgIpc) is 2.23. The maximum absolute atomic E-state index is 12.8. The Bertz CT molecular complexity index is 592. The molecule has 1 aromatic rings. The number of benzene rings is 1. The van der Waals surface area contributed by atoms with E-state index < -0.39 is 37.8 Å². The van der Waals surface area contributed by atoms with Crippen LogP contribution in [-0.4, -0.2) is 24.9 Å². The zero-order chi connectivity index (χ0) is 14.4. The molecule has 0 radical (unpaired) electrons. The van der Waals surface area contributed by atoms with Crippen molar-refractivity contribution in [2.45, 2.75) is 35.3 Å². The molecule has 1 aromatic carbocycles. The third kappa shape index (κ3) is 2.80. The molecule has 8 heteroatoms. The summed E-state index contributed by atoms with van der Waals surface area (Å²) in [4.78, 5) is -0.730. The molecule has 0 unspecified atom stereocenters. The Balaban J connectivity index is 2.52. The number of rotatable bonds is 2. The minimum Gasteiger partial charge on any atom is -0.393 e. The van der Waals surface area contributed by atoms with Gasteiger partial charge in [0.05, 0.1) is 21.8 Å². The van der Waals surface area contributed by atoms with Crippen LogP contribution in [-0.2, 0) is 16.0 Å². The first-order valence-electron chi connectivity index (χ1n) is 5.41. The molecule has 0 heterocycles. The van der Waals surface area contributed by atoms with Crippen molar-refractivity contribution in [2.75, 3.05) is 0 Å². The zero-order valence-electron chi connectivity index (χ0n) is 9.48. The van der Waals surface area contributed by atoms with Crippen molar-refractivity contribution in [3.05, 3.63) is 28.2 Å². The Morgan fingerprint density at radius 1 is 1.26 bits per heavy atom. The van der Waals surface area contributed by atoms with E-state index in [0.29, 0.717) is 0 Å². The number of halogens is 4. The van der Waals surface area contributed by atoms with E-state index in [1.54, 1.807) is 0 Å². The summed E-state index contributed by atoms with van der Waals surface area (Å²) in [6.07, 6.45) is -5.52. The SMILES string of the molecule is O=S(=O)(c1cc(Br)ccc1C(F)(F)F)[C@H]1C[C@@H](O)C1. The molecule has 19 heavy (non-hydrogen) atoms. The second-order valence-electron chi connectivity index (χ2n) is 4.43. The molecule has 1 N–H and O–H groups in total. The van der Waals surface area contributed by atoms with Gasteiger partial charge in [0.25, 0.3) is 0 Å². The summed E-state index contributed by atoms with van der Waals surface area (Å²) in [6.45, 7) is 0. The van der Waals surface area contributed by atoms with Crippen LogP contribution in [0.15, 0.2) is 27.6 Å². The van der Waals surface area contributed by atoms with Gasteiger partial charge in [0.1, 0.15) is 0 Å². The molecular weight excluding hydrogens is 349 g/mol. The second kappa shape index (κ2) is 4.75. The first-order chi connectivity index (χ1) is 8.62. The summed E-state index contributed by atoms with van der Waals surface area (Å²) in [5, 5.41) is 8.17. The molecule has 1 aliphatic rings. The lowest BCUT2D eigenvalue weighted by Crippen LogP contribution is -2.40. The van der Waals surface area contributed by atoms with Crippen molar-refractivity contribution in [1.29, 1.82) is 0 Å². The van der Waals surface area contributed by atoms with Crippen LogP contribution in [0.4, 0.5) is 13.2 Å². The number of alkyl halides is 3. The molecule has 0 atom stereocenters. The van der Waals surface area contributed by atoms with E-state index in [1.807, 2.05) is 0 Å². The van der Waals surface area contributed by atoms with Gasteiger partial charge in [-0.2, -0.15) is 13.2 Å². The number of aliphatic hydroxyl groups excluding tert-OH is 1. The highest BCUT2D eigenvalue weighted by Crippen LogP contribution is 2.40. The Morgan fingerprint density at radius 3 is 2.32 bits per heavy atom. The summed E-state index contributed by atoms with van der Waals surface area (Å²) in [5.74, 6) is 0. The van der Waals surface area contributed by atoms with Crippen molar-refractivity contribution >= 4 is 25.8 Å². The Kier molecular flexibility index (Phi) is 3.70. The third-order valence-electron chi connectivity index (χ3n) is 3.06. The summed E-state index contributed by atoms with van der Waals surface area (Å²) in [5.41, 5.74) is -1.17. The monoisotopic (exact) mass is 358 g/mol. The summed E-state index contributed by atoms with van der Waals surface area (Å²) in [6, 6.07) is 2.85. The predicted molar refractivity (Wildman–Crippen MR) is 65.4 cm³/mol. The van der Waals surface area contributed by atoms with E-state index >= 15 is 0 Å². The van der Waals surface area contributed by atoms with Crippen molar-refractivity contribution in [1.82, 2.24) is 0 Å². The van der Waals surface area contributed by atoms with Crippen LogP contribution in [0.5, 0.6) is 0 Å². The number of sulfone groups is 1. The topological polar surface area (TPSA) is 54.4 Å². The van der Waals surface area contributed by atoms with Crippen molar-refractivity contribution in [3.8, 4) is 0 Å². The zero-order valence-corrected chi connectivity index (χ0v) is 11.9. The Hall–Kier alpha value is -0.600. The molecule has 0 aliphatic heterocycles. The number of aliphatic hydroxyl groups is 1. The second-order valence-corrected chi connectivity index (χ2v) is 7.54. The van der Waals surface area contributed by atoms with E-state index in [9.17, 15) is 21.6 Å². The van der Waals surface area contributed by atoms with Gasteiger partial charge in [-0.1, -0.05) is 15.9 Å². The van der Waals surface area contributed by atoms with Crippen molar-refractivity contribution < 1.29 is 26.7 Å². The summed E-state index contributed by atoms with van der Waals surface area (Å²) >= 11 is 2.98. The van der Waals surface area contributed by atoms with E-state index in [1.165, 1.54) is 0 Å². The lowest BCUT2D eigenvalue weighted by molar-refractivity contribution is -0.139. The fraction of sp³-hybridized carbons (Fsp3) is 0.455. The van der Waals surface area contributed by atoms with Gasteiger partial charge in [-0.15, -0.1) is 0 Å². The molecule has 3 nitrogen and oxygen atoms in total. The van der Waals surface area contributed by atoms with Crippen molar-refractivity contribution in [2.24, 2.45) is 0 Å². The van der Waals surface area contributed by atoms with Gasteiger partial charge in [0.2, 0.25) is 0 Å². The highest BCUT2D eigenvalue weighted by Gasteiger charge is 2.43. The molecule has 106 valence electrons. The smallest absolute Gasteiger partial charge is 0.393 e. The van der Waals surface area contributed by atoms with E-state index in [2.05, 4.69) is 15.9 Å². The molecule has 1 aliphatic carbocycles. The van der Waals surface area contributed by atoms with Crippen LogP contribution >= 0.6 is 15.9 Å². The fourth-order valence-corrected chi connectivity index (χ4v) is 4.54. The lowest BCUT2D eigenvalue weighted by Gasteiger charge is -2.31. The molecule has 2 rings (SSSR count). The van der Waals surface area contributed by atoms with Crippen LogP contribution in [0.2, 0.25) is 0 Å². The van der Waals surface area contributed by atoms with E-state index in [-0.39, 0.29) is 17.3 Å². The highest BCUT2D eigenvalue weighted by atomic mass is 79.9. The van der Waals surface area contributed by atoms with E-state index in [0.717, 1.165) is 18.2 Å². The molecule has 0 aromatic heterocycles. The minimum absolute atomic E-state index is 0.0217. The average molecular weight is 359 g/mol. The van der Waals surface area contributed by atoms with E-state index in [4.69, 9.17) is 5.11 Å². The van der Waals surface area contributed by atoms with Gasteiger partial charge in [0.15, 0.2) is 9.84 Å². The van der Waals surface area contributed by atoms with Crippen LogP contribution in [0.3, 0.4) is 0 Å². The molecule has 0 spiro atoms. The van der Waals surface area contributed by atoms with Gasteiger partial charge in [-0.3, -0.25) is 0 Å². The maximum atomic E-state index is 12.8. The van der Waals surface area contributed by atoms with Crippen LogP contribution in [0.1, 0.15) is 18.4 Å². The summed E-state index contributed by atoms with van der Waals surface area (Å²) in [7, 11) is -4.08. The number of hydrogen-bond donors (Lipinski definition) is 1. The molecule has 1 fully saturated rings. The summed E-state index contributed by atoms with van der Waals surface area (Å²) < 4.78 is 63.1. The minimum atomic E-state index is -4.73. The van der Waals surface area contributed by atoms with Gasteiger partial charge >= 0.3 is 6.18 Å². The molecule has 1 saturated carbocycles. The molecule has 0 bridgehead atoms. The molecule has 0 amide bonds. The molecular formula is C11H10BrF3O3S. The number of hydrogen-bond acceptors (Lipinski definition) is 3. The highest BCUT2D eigenvalue weighted by molar-refractivity contribution is 9.10. The van der Waals surface area contributed by atoms with Gasteiger partial charge in [-0.25, -0.2) is 8.42 Å². The Labute approximate surface area is 116 Å². The quantitative estimate of drug-likeness (QED) is 0.884. The third-order valence-corrected chi connectivity index (χ3v) is 5.77. The van der Waals surface area contributed by atoms with Crippen LogP contribution in [0, 0.1) is 0 Å². The van der Waals surface area contributed by atoms with Gasteiger partial charge < -0.3 is 5.11 Å². The maximum Gasteiger partial charge on any atom is 0.417 e. The largest absolute Gasteiger partial charge is 0.417 e. The molecule has 0 saturated heterocycles. The van der Waals surface area contributed by atoms with Crippen LogP contribution in [0.25, 0.3) is 0 Å². The first-order valence-corrected chi connectivity index (χ1v) is 7.75. The Morgan fingerprint density at radius 2 is 1.84 bits per heavy atom.